The van der Waals surface area contributed by atoms with Gasteiger partial charge in [0, 0.05) is 16.7 Å². The van der Waals surface area contributed by atoms with Crippen molar-refractivity contribution in [2.24, 2.45) is 5.10 Å². The van der Waals surface area contributed by atoms with Gasteiger partial charge in [-0.25, -0.2) is 5.43 Å². The van der Waals surface area contributed by atoms with Crippen molar-refractivity contribution in [1.29, 1.82) is 0 Å². The van der Waals surface area contributed by atoms with Crippen LogP contribution in [0.4, 0.5) is 0 Å². The van der Waals surface area contributed by atoms with Crippen LogP contribution in [0.5, 0.6) is 11.5 Å². The molecule has 28 heavy (non-hydrogen) atoms. The van der Waals surface area contributed by atoms with Gasteiger partial charge < -0.3 is 13.9 Å². The Bertz CT molecular complexity index is 1030. The van der Waals surface area contributed by atoms with Crippen LogP contribution in [-0.2, 0) is 0 Å². The number of hydrogen-bond donors (Lipinski definition) is 1. The minimum absolute atomic E-state index is 0.342. The van der Waals surface area contributed by atoms with E-state index < -0.39 is 5.91 Å². The zero-order valence-corrected chi connectivity index (χ0v) is 16.4. The summed E-state index contributed by atoms with van der Waals surface area (Å²) in [6.45, 7) is 1.94. The first kappa shape index (κ1) is 19.5. The molecular formula is C21H19ClN2O4. The molecule has 3 aromatic rings. The van der Waals surface area contributed by atoms with Crippen molar-refractivity contribution in [3.63, 3.8) is 0 Å². The van der Waals surface area contributed by atoms with Gasteiger partial charge in [-0.2, -0.15) is 5.10 Å². The van der Waals surface area contributed by atoms with Crippen LogP contribution in [0.2, 0.25) is 5.02 Å². The van der Waals surface area contributed by atoms with Gasteiger partial charge in [0.05, 0.1) is 26.0 Å². The van der Waals surface area contributed by atoms with Gasteiger partial charge in [-0.1, -0.05) is 23.7 Å². The number of carbonyl (C=O) groups excluding carboxylic acids is 1. The number of nitrogens with zero attached hydrogens (tertiary/aromatic N) is 1. The SMILES string of the molecule is COc1ccc(C(=O)N/N=C\c2ccc(-c3ccc(C)c(Cl)c3)o2)c(OC)c1. The Morgan fingerprint density at radius 2 is 1.93 bits per heavy atom. The van der Waals surface area contributed by atoms with E-state index in [1.165, 1.54) is 13.3 Å². The van der Waals surface area contributed by atoms with Crippen LogP contribution in [0.25, 0.3) is 11.3 Å². The van der Waals surface area contributed by atoms with Crippen molar-refractivity contribution in [1.82, 2.24) is 5.43 Å². The molecule has 144 valence electrons. The van der Waals surface area contributed by atoms with Crippen molar-refractivity contribution in [3.05, 3.63) is 70.4 Å². The fraction of sp³-hybridized carbons (Fsp3) is 0.143. The number of benzene rings is 2. The predicted molar refractivity (Wildman–Crippen MR) is 108 cm³/mol. The van der Waals surface area contributed by atoms with Crippen molar-refractivity contribution < 1.29 is 18.7 Å². The summed E-state index contributed by atoms with van der Waals surface area (Å²) in [5, 5.41) is 4.61. The van der Waals surface area contributed by atoms with E-state index >= 15 is 0 Å². The number of hydrazone groups is 1. The molecule has 1 N–H and O–H groups in total. The predicted octanol–water partition coefficient (Wildman–Crippen LogP) is 4.69. The third-order valence-corrected chi connectivity index (χ3v) is 4.50. The molecule has 0 aliphatic carbocycles. The number of methoxy groups -OCH3 is 2. The highest BCUT2D eigenvalue weighted by molar-refractivity contribution is 6.31. The van der Waals surface area contributed by atoms with E-state index in [0.717, 1.165) is 11.1 Å². The fourth-order valence-corrected chi connectivity index (χ4v) is 2.70. The number of rotatable bonds is 6. The average molecular weight is 399 g/mol. The van der Waals surface area contributed by atoms with Crippen LogP contribution in [0, 0.1) is 6.92 Å². The molecule has 0 spiro atoms. The molecule has 7 heteroatoms. The van der Waals surface area contributed by atoms with E-state index in [2.05, 4.69) is 10.5 Å². The summed E-state index contributed by atoms with van der Waals surface area (Å²) in [5.41, 5.74) is 4.66. The summed E-state index contributed by atoms with van der Waals surface area (Å²) in [4.78, 5) is 12.3. The number of ether oxygens (including phenoxy) is 2. The first-order valence-electron chi connectivity index (χ1n) is 8.43. The largest absolute Gasteiger partial charge is 0.497 e. The molecule has 0 aliphatic heterocycles. The first-order chi connectivity index (χ1) is 13.5. The number of amides is 1. The van der Waals surface area contributed by atoms with E-state index in [4.69, 9.17) is 25.5 Å². The van der Waals surface area contributed by atoms with E-state index in [1.807, 2.05) is 31.2 Å². The van der Waals surface area contributed by atoms with Crippen LogP contribution < -0.4 is 14.9 Å². The van der Waals surface area contributed by atoms with Gasteiger partial charge in [0.15, 0.2) is 0 Å². The first-order valence-corrected chi connectivity index (χ1v) is 8.81. The summed E-state index contributed by atoms with van der Waals surface area (Å²) in [6, 6.07) is 14.2. The Morgan fingerprint density at radius 1 is 1.11 bits per heavy atom. The van der Waals surface area contributed by atoms with Crippen LogP contribution in [0.1, 0.15) is 21.7 Å². The molecule has 1 aromatic heterocycles. The molecule has 0 saturated carbocycles. The lowest BCUT2D eigenvalue weighted by Crippen LogP contribution is -2.18. The third-order valence-electron chi connectivity index (χ3n) is 4.09. The van der Waals surface area contributed by atoms with Crippen LogP contribution in [0.3, 0.4) is 0 Å². The lowest BCUT2D eigenvalue weighted by Gasteiger charge is -2.08. The monoisotopic (exact) mass is 398 g/mol. The van der Waals surface area contributed by atoms with Gasteiger partial charge in [-0.15, -0.1) is 0 Å². The molecule has 6 nitrogen and oxygen atoms in total. The molecule has 0 saturated heterocycles. The maximum atomic E-state index is 12.3. The standard InChI is InChI=1S/C21H19ClN2O4/c1-13-4-5-14(10-18(13)22)19-9-7-16(28-19)12-23-24-21(25)17-8-6-15(26-2)11-20(17)27-3/h4-12H,1-3H3,(H,24,25)/b23-12-. The van der Waals surface area contributed by atoms with Gasteiger partial charge in [0.25, 0.3) is 5.91 Å². The van der Waals surface area contributed by atoms with E-state index in [-0.39, 0.29) is 0 Å². The highest BCUT2D eigenvalue weighted by Gasteiger charge is 2.12. The summed E-state index contributed by atoms with van der Waals surface area (Å²) in [7, 11) is 3.03. The smallest absolute Gasteiger partial charge is 0.275 e. The van der Waals surface area contributed by atoms with Crippen molar-refractivity contribution in [3.8, 4) is 22.8 Å². The zero-order valence-electron chi connectivity index (χ0n) is 15.7. The van der Waals surface area contributed by atoms with Crippen LogP contribution >= 0.6 is 11.6 Å². The van der Waals surface area contributed by atoms with Crippen molar-refractivity contribution in [2.45, 2.75) is 6.92 Å². The third kappa shape index (κ3) is 4.35. The van der Waals surface area contributed by atoms with Gasteiger partial charge in [-0.05, 0) is 42.8 Å². The molecule has 0 aliphatic rings. The van der Waals surface area contributed by atoms with E-state index in [9.17, 15) is 4.79 Å². The zero-order chi connectivity index (χ0) is 20.1. The Hall–Kier alpha value is -3.25. The van der Waals surface area contributed by atoms with Crippen molar-refractivity contribution in [2.75, 3.05) is 14.2 Å². The molecule has 0 unspecified atom stereocenters. The minimum Gasteiger partial charge on any atom is -0.497 e. The summed E-state index contributed by atoms with van der Waals surface area (Å²) in [6.07, 6.45) is 1.42. The maximum absolute atomic E-state index is 12.3. The number of nitrogens with one attached hydrogen (secondary N) is 1. The lowest BCUT2D eigenvalue weighted by atomic mass is 10.1. The van der Waals surface area contributed by atoms with Gasteiger partial charge in [0.1, 0.15) is 23.0 Å². The molecule has 0 fully saturated rings. The number of halogens is 1. The number of hydrogen-bond acceptors (Lipinski definition) is 5. The fourth-order valence-electron chi connectivity index (χ4n) is 2.52. The normalized spacial score (nSPS) is 10.9. The molecule has 0 atom stereocenters. The second-order valence-corrected chi connectivity index (χ2v) is 6.34. The van der Waals surface area contributed by atoms with Crippen LogP contribution in [-0.4, -0.2) is 26.3 Å². The Labute approximate surface area is 167 Å². The molecule has 1 amide bonds. The molecule has 3 rings (SSSR count). The minimum atomic E-state index is -0.409. The Morgan fingerprint density at radius 3 is 2.64 bits per heavy atom. The molecule has 0 radical (unpaired) electrons. The molecule has 0 bridgehead atoms. The summed E-state index contributed by atoms with van der Waals surface area (Å²) in [5.74, 6) is 1.73. The summed E-state index contributed by atoms with van der Waals surface area (Å²) >= 11 is 6.16. The molecule has 2 aromatic carbocycles. The van der Waals surface area contributed by atoms with E-state index in [0.29, 0.717) is 33.6 Å². The number of carbonyl (C=O) groups is 1. The summed E-state index contributed by atoms with van der Waals surface area (Å²) < 4.78 is 16.1. The van der Waals surface area contributed by atoms with E-state index in [1.54, 1.807) is 31.4 Å². The maximum Gasteiger partial charge on any atom is 0.275 e. The Kier molecular flexibility index (Phi) is 6.01. The Balaban J connectivity index is 1.69. The quantitative estimate of drug-likeness (QED) is 0.483. The number of aryl methyl sites for hydroxylation is 1. The van der Waals surface area contributed by atoms with Crippen LogP contribution in [0.15, 0.2) is 58.0 Å². The van der Waals surface area contributed by atoms with Gasteiger partial charge in [0.2, 0.25) is 0 Å². The van der Waals surface area contributed by atoms with Crippen molar-refractivity contribution >= 4 is 23.7 Å². The second-order valence-electron chi connectivity index (χ2n) is 5.93. The van der Waals surface area contributed by atoms with Gasteiger partial charge in [-0.3, -0.25) is 4.79 Å². The second kappa shape index (κ2) is 8.63. The highest BCUT2D eigenvalue weighted by atomic mass is 35.5. The lowest BCUT2D eigenvalue weighted by molar-refractivity contribution is 0.0952. The topological polar surface area (TPSA) is 73.1 Å². The van der Waals surface area contributed by atoms with Gasteiger partial charge >= 0.3 is 0 Å². The average Bonchev–Trinajstić information content (AvgIpc) is 3.18. The molecular weight excluding hydrogens is 380 g/mol. The molecule has 1 heterocycles. The number of furan rings is 1. The highest BCUT2D eigenvalue weighted by Crippen LogP contribution is 2.27.